The summed E-state index contributed by atoms with van der Waals surface area (Å²) in [6.45, 7) is 4.49. The predicted octanol–water partition coefficient (Wildman–Crippen LogP) is 3.94. The van der Waals surface area contributed by atoms with Crippen LogP contribution in [0.5, 0.6) is 5.75 Å². The van der Waals surface area contributed by atoms with Gasteiger partial charge in [-0.05, 0) is 54.1 Å². The minimum atomic E-state index is -0.423. The van der Waals surface area contributed by atoms with Crippen molar-refractivity contribution in [3.63, 3.8) is 0 Å². The fourth-order valence-corrected chi connectivity index (χ4v) is 4.33. The van der Waals surface area contributed by atoms with Gasteiger partial charge in [-0.2, -0.15) is 0 Å². The van der Waals surface area contributed by atoms with Gasteiger partial charge in [0.2, 0.25) is 0 Å². The third-order valence-corrected chi connectivity index (χ3v) is 5.35. The maximum absolute atomic E-state index is 11.8. The first-order valence-electron chi connectivity index (χ1n) is 9.10. The van der Waals surface area contributed by atoms with Crippen LogP contribution in [0.25, 0.3) is 11.1 Å². The van der Waals surface area contributed by atoms with Crippen LogP contribution in [0.3, 0.4) is 0 Å². The van der Waals surface area contributed by atoms with Crippen LogP contribution < -0.4 is 10.1 Å². The van der Waals surface area contributed by atoms with Crippen LogP contribution in [0.4, 0.5) is 4.79 Å². The molecule has 0 aromatic heterocycles. The van der Waals surface area contributed by atoms with Gasteiger partial charge in [0.1, 0.15) is 5.75 Å². The molecule has 0 saturated heterocycles. The number of nitrogens with zero attached hydrogens (tertiary/aromatic N) is 1. The summed E-state index contributed by atoms with van der Waals surface area (Å²) in [6.07, 6.45) is 2.81. The van der Waals surface area contributed by atoms with Gasteiger partial charge in [0.05, 0.1) is 0 Å². The van der Waals surface area contributed by atoms with Gasteiger partial charge >= 0.3 is 6.09 Å². The van der Waals surface area contributed by atoms with Gasteiger partial charge in [0.25, 0.3) is 0 Å². The maximum Gasteiger partial charge on any atom is 0.412 e. The number of hydrogen-bond acceptors (Lipinski definition) is 3. The normalized spacial score (nSPS) is 18.2. The van der Waals surface area contributed by atoms with Crippen LogP contribution in [0, 0.1) is 0 Å². The molecule has 1 atom stereocenters. The van der Waals surface area contributed by atoms with Crippen LogP contribution in [0.15, 0.2) is 36.4 Å². The molecule has 1 aliphatic carbocycles. The molecule has 1 heterocycles. The van der Waals surface area contributed by atoms with E-state index in [2.05, 4.69) is 41.4 Å². The number of benzene rings is 2. The highest BCUT2D eigenvalue weighted by atomic mass is 16.6. The highest BCUT2D eigenvalue weighted by Gasteiger charge is 2.35. The molecule has 0 saturated carbocycles. The zero-order valence-electron chi connectivity index (χ0n) is 14.8. The topological polar surface area (TPSA) is 41.6 Å². The summed E-state index contributed by atoms with van der Waals surface area (Å²) in [5.74, 6) is 0.649. The monoisotopic (exact) mass is 336 g/mol. The van der Waals surface area contributed by atoms with Gasteiger partial charge in [0.15, 0.2) is 0 Å². The van der Waals surface area contributed by atoms with Crippen LogP contribution in [0.1, 0.15) is 36.1 Å². The molecule has 4 heteroatoms. The zero-order valence-corrected chi connectivity index (χ0v) is 14.8. The van der Waals surface area contributed by atoms with Crippen molar-refractivity contribution in [2.45, 2.75) is 32.2 Å². The molecule has 2 aromatic carbocycles. The van der Waals surface area contributed by atoms with Crippen molar-refractivity contribution in [2.75, 3.05) is 20.1 Å². The number of nitrogens with one attached hydrogen (secondary N) is 1. The fourth-order valence-electron chi connectivity index (χ4n) is 4.33. The van der Waals surface area contributed by atoms with Crippen LogP contribution in [0.2, 0.25) is 0 Å². The molecule has 4 nitrogen and oxygen atoms in total. The smallest absolute Gasteiger partial charge is 0.410 e. The highest BCUT2D eigenvalue weighted by Crippen LogP contribution is 2.48. The van der Waals surface area contributed by atoms with Crippen molar-refractivity contribution < 1.29 is 9.53 Å². The second-order valence-corrected chi connectivity index (χ2v) is 6.81. The van der Waals surface area contributed by atoms with E-state index in [0.29, 0.717) is 11.8 Å². The molecule has 2 aliphatic rings. The average molecular weight is 336 g/mol. The van der Waals surface area contributed by atoms with E-state index in [1.807, 2.05) is 12.1 Å². The molecule has 2 aromatic rings. The van der Waals surface area contributed by atoms with E-state index < -0.39 is 6.09 Å². The summed E-state index contributed by atoms with van der Waals surface area (Å²) in [6, 6.07) is 13.0. The Morgan fingerprint density at radius 1 is 1.24 bits per heavy atom. The lowest BCUT2D eigenvalue weighted by Gasteiger charge is -2.41. The van der Waals surface area contributed by atoms with Gasteiger partial charge in [-0.3, -0.25) is 4.90 Å². The second kappa shape index (κ2) is 6.52. The van der Waals surface area contributed by atoms with Crippen molar-refractivity contribution in [3.05, 3.63) is 53.1 Å². The molecular formula is C21H24N2O2. The van der Waals surface area contributed by atoms with Crippen molar-refractivity contribution >= 4 is 6.09 Å². The first-order valence-corrected chi connectivity index (χ1v) is 9.10. The van der Waals surface area contributed by atoms with E-state index in [-0.39, 0.29) is 0 Å². The molecule has 25 heavy (non-hydrogen) atoms. The van der Waals surface area contributed by atoms with E-state index in [4.69, 9.17) is 4.74 Å². The van der Waals surface area contributed by atoms with Crippen LogP contribution >= 0.6 is 0 Å². The quantitative estimate of drug-likeness (QED) is 0.923. The lowest BCUT2D eigenvalue weighted by Crippen LogP contribution is -2.38. The predicted molar refractivity (Wildman–Crippen MR) is 99.0 cm³/mol. The van der Waals surface area contributed by atoms with E-state index in [1.165, 1.54) is 28.7 Å². The molecular weight excluding hydrogens is 312 g/mol. The first kappa shape index (κ1) is 16.2. The molecule has 1 unspecified atom stereocenters. The SMILES string of the molecule is CCCN1CCc2cccc3c2C1Cc1cccc(OC(=O)NC)c1-3. The number of ether oxygens (including phenoxy) is 1. The Morgan fingerprint density at radius 2 is 2.04 bits per heavy atom. The Balaban J connectivity index is 1.86. The van der Waals surface area contributed by atoms with Crippen molar-refractivity contribution in [1.82, 2.24) is 10.2 Å². The number of fused-ring (bicyclic) bond motifs is 2. The highest BCUT2D eigenvalue weighted by molar-refractivity contribution is 5.83. The lowest BCUT2D eigenvalue weighted by atomic mass is 9.77. The zero-order chi connectivity index (χ0) is 17.4. The molecule has 130 valence electrons. The van der Waals surface area contributed by atoms with Gasteiger partial charge in [-0.15, -0.1) is 0 Å². The summed E-state index contributed by atoms with van der Waals surface area (Å²) in [4.78, 5) is 14.4. The Labute approximate surface area is 148 Å². The first-order chi connectivity index (χ1) is 12.2. The minimum absolute atomic E-state index is 0.423. The van der Waals surface area contributed by atoms with Gasteiger partial charge in [-0.25, -0.2) is 4.79 Å². The lowest BCUT2D eigenvalue weighted by molar-refractivity contribution is 0.182. The summed E-state index contributed by atoms with van der Waals surface area (Å²) < 4.78 is 5.56. The van der Waals surface area contributed by atoms with Crippen LogP contribution in [-0.4, -0.2) is 31.1 Å². The minimum Gasteiger partial charge on any atom is -0.410 e. The molecule has 0 spiro atoms. The fraction of sp³-hybridized carbons (Fsp3) is 0.381. The standard InChI is InChI=1S/C21H24N2O2/c1-3-11-23-12-10-14-6-4-8-16-19(14)17(23)13-15-7-5-9-18(20(15)16)25-21(24)22-2/h4-9,17H,3,10-13H2,1-2H3,(H,22,24). The Hall–Kier alpha value is -2.33. The number of carbonyl (C=O) groups is 1. The number of rotatable bonds is 3. The van der Waals surface area contributed by atoms with Crippen molar-refractivity contribution in [3.8, 4) is 16.9 Å². The summed E-state index contributed by atoms with van der Waals surface area (Å²) in [7, 11) is 1.58. The average Bonchev–Trinajstić information content (AvgIpc) is 2.64. The summed E-state index contributed by atoms with van der Waals surface area (Å²) in [5.41, 5.74) is 6.44. The molecule has 0 radical (unpaired) electrons. The number of amides is 1. The van der Waals surface area contributed by atoms with Crippen molar-refractivity contribution in [1.29, 1.82) is 0 Å². The number of carbonyl (C=O) groups excluding carboxylic acids is 1. The van der Waals surface area contributed by atoms with Gasteiger partial charge in [-0.1, -0.05) is 37.3 Å². The van der Waals surface area contributed by atoms with E-state index >= 15 is 0 Å². The van der Waals surface area contributed by atoms with E-state index in [1.54, 1.807) is 7.05 Å². The van der Waals surface area contributed by atoms with Gasteiger partial charge < -0.3 is 10.1 Å². The summed E-state index contributed by atoms with van der Waals surface area (Å²) >= 11 is 0. The Bertz CT molecular complexity index is 816. The second-order valence-electron chi connectivity index (χ2n) is 6.81. The third-order valence-electron chi connectivity index (χ3n) is 5.35. The molecule has 0 bridgehead atoms. The molecule has 0 fully saturated rings. The largest absolute Gasteiger partial charge is 0.412 e. The summed E-state index contributed by atoms with van der Waals surface area (Å²) in [5, 5.41) is 2.54. The number of hydrogen-bond donors (Lipinski definition) is 1. The Morgan fingerprint density at radius 3 is 2.84 bits per heavy atom. The third kappa shape index (κ3) is 2.71. The molecule has 4 rings (SSSR count). The molecule has 1 amide bonds. The van der Waals surface area contributed by atoms with Crippen LogP contribution in [-0.2, 0) is 12.8 Å². The molecule has 1 aliphatic heterocycles. The molecule has 1 N–H and O–H groups in total. The maximum atomic E-state index is 11.8. The van der Waals surface area contributed by atoms with E-state index in [9.17, 15) is 4.79 Å². The van der Waals surface area contributed by atoms with E-state index in [0.717, 1.165) is 31.5 Å². The van der Waals surface area contributed by atoms with Gasteiger partial charge in [0, 0.05) is 25.2 Å². The van der Waals surface area contributed by atoms with Crippen molar-refractivity contribution in [2.24, 2.45) is 0 Å². The Kier molecular flexibility index (Phi) is 4.22.